The standard InChI is InChI=1S/C8H8FNO4/c1-14-8(11)5-2-3-6(9)7(4-5)10(12)13/h2,4,6H,3H2,1H3. The summed E-state index contributed by atoms with van der Waals surface area (Å²) in [4.78, 5) is 20.5. The molecule has 1 aliphatic rings. The van der Waals surface area contributed by atoms with Crippen molar-refractivity contribution in [3.05, 3.63) is 33.5 Å². The second-order valence-corrected chi connectivity index (χ2v) is 2.68. The molecule has 0 N–H and O–H groups in total. The van der Waals surface area contributed by atoms with Gasteiger partial charge in [-0.1, -0.05) is 6.08 Å². The van der Waals surface area contributed by atoms with Crippen LogP contribution < -0.4 is 0 Å². The lowest BCUT2D eigenvalue weighted by atomic mass is 10.0. The highest BCUT2D eigenvalue weighted by Crippen LogP contribution is 2.21. The van der Waals surface area contributed by atoms with Gasteiger partial charge in [-0.05, 0) is 0 Å². The molecule has 0 heterocycles. The average molecular weight is 201 g/mol. The number of hydrogen-bond acceptors (Lipinski definition) is 4. The van der Waals surface area contributed by atoms with Gasteiger partial charge < -0.3 is 4.74 Å². The molecule has 1 unspecified atom stereocenters. The fourth-order valence-electron chi connectivity index (χ4n) is 1.09. The Labute approximate surface area is 79.0 Å². The molecule has 0 aromatic carbocycles. The first kappa shape index (κ1) is 10.4. The quantitative estimate of drug-likeness (QED) is 0.379. The number of allylic oxidation sites excluding steroid dienone is 2. The number of carbonyl (C=O) groups excluding carboxylic acids is 1. The summed E-state index contributed by atoms with van der Waals surface area (Å²) < 4.78 is 17.3. The predicted octanol–water partition coefficient (Wildman–Crippen LogP) is 0.988. The lowest BCUT2D eigenvalue weighted by Gasteiger charge is -2.09. The summed E-state index contributed by atoms with van der Waals surface area (Å²) in [6.45, 7) is 0. The monoisotopic (exact) mass is 201 g/mol. The first-order valence-corrected chi connectivity index (χ1v) is 3.84. The zero-order valence-corrected chi connectivity index (χ0v) is 7.40. The Morgan fingerprint density at radius 3 is 2.93 bits per heavy atom. The lowest BCUT2D eigenvalue weighted by Crippen LogP contribution is -2.18. The molecule has 0 aromatic rings. The number of carbonyl (C=O) groups is 1. The third-order valence-corrected chi connectivity index (χ3v) is 1.80. The molecule has 0 spiro atoms. The minimum absolute atomic E-state index is 0.0214. The number of nitro groups is 1. The maximum Gasteiger partial charge on any atom is 0.337 e. The molecule has 0 aromatic heterocycles. The fraction of sp³-hybridized carbons (Fsp3) is 0.375. The lowest BCUT2D eigenvalue weighted by molar-refractivity contribution is -0.433. The molecule has 0 fully saturated rings. The summed E-state index contributed by atoms with van der Waals surface area (Å²) in [5.74, 6) is -0.698. The van der Waals surface area contributed by atoms with E-state index in [0.717, 1.165) is 13.2 Å². The van der Waals surface area contributed by atoms with Crippen LogP contribution in [0.1, 0.15) is 6.42 Å². The van der Waals surface area contributed by atoms with Crippen LogP contribution in [0.15, 0.2) is 23.4 Å². The Balaban J connectivity index is 2.94. The minimum atomic E-state index is -1.65. The van der Waals surface area contributed by atoms with Crippen molar-refractivity contribution in [1.29, 1.82) is 0 Å². The van der Waals surface area contributed by atoms with Crippen LogP contribution in [0.25, 0.3) is 0 Å². The van der Waals surface area contributed by atoms with Crippen LogP contribution in [-0.2, 0) is 9.53 Å². The number of methoxy groups -OCH3 is 1. The van der Waals surface area contributed by atoms with Gasteiger partial charge in [0.1, 0.15) is 0 Å². The number of alkyl halides is 1. The molecular weight excluding hydrogens is 193 g/mol. The van der Waals surface area contributed by atoms with E-state index in [2.05, 4.69) is 4.74 Å². The van der Waals surface area contributed by atoms with E-state index in [1.165, 1.54) is 6.08 Å². The minimum Gasteiger partial charge on any atom is -0.465 e. The molecule has 0 bridgehead atoms. The fourth-order valence-corrected chi connectivity index (χ4v) is 1.09. The Morgan fingerprint density at radius 1 is 1.79 bits per heavy atom. The van der Waals surface area contributed by atoms with E-state index >= 15 is 0 Å². The van der Waals surface area contributed by atoms with Crippen LogP contribution in [0.4, 0.5) is 4.39 Å². The van der Waals surface area contributed by atoms with Crippen LogP contribution in [0.2, 0.25) is 0 Å². The van der Waals surface area contributed by atoms with Crippen LogP contribution in [0, 0.1) is 10.1 Å². The highest BCUT2D eigenvalue weighted by atomic mass is 19.1. The molecule has 0 aliphatic heterocycles. The maximum absolute atomic E-state index is 12.9. The van der Waals surface area contributed by atoms with E-state index in [1.807, 2.05) is 0 Å². The summed E-state index contributed by atoms with van der Waals surface area (Å²) >= 11 is 0. The van der Waals surface area contributed by atoms with Crippen molar-refractivity contribution in [2.45, 2.75) is 12.6 Å². The molecular formula is C8H8FNO4. The van der Waals surface area contributed by atoms with Crippen LogP contribution >= 0.6 is 0 Å². The largest absolute Gasteiger partial charge is 0.465 e. The molecule has 1 aliphatic carbocycles. The van der Waals surface area contributed by atoms with E-state index in [-0.39, 0.29) is 12.0 Å². The van der Waals surface area contributed by atoms with Crippen molar-refractivity contribution < 1.29 is 18.8 Å². The number of nitrogens with zero attached hydrogens (tertiary/aromatic N) is 1. The van der Waals surface area contributed by atoms with Crippen LogP contribution in [-0.4, -0.2) is 24.2 Å². The average Bonchev–Trinajstić information content (AvgIpc) is 2.17. The topological polar surface area (TPSA) is 69.4 Å². The number of halogens is 1. The Hall–Kier alpha value is -1.72. The van der Waals surface area contributed by atoms with Crippen molar-refractivity contribution in [1.82, 2.24) is 0 Å². The molecule has 6 heteroatoms. The Morgan fingerprint density at radius 2 is 2.43 bits per heavy atom. The second-order valence-electron chi connectivity index (χ2n) is 2.68. The van der Waals surface area contributed by atoms with Crippen molar-refractivity contribution in [3.63, 3.8) is 0 Å². The van der Waals surface area contributed by atoms with E-state index in [9.17, 15) is 19.3 Å². The van der Waals surface area contributed by atoms with E-state index in [4.69, 9.17) is 0 Å². The van der Waals surface area contributed by atoms with Crippen LogP contribution in [0.3, 0.4) is 0 Å². The third kappa shape index (κ3) is 1.95. The number of esters is 1. The van der Waals surface area contributed by atoms with Gasteiger partial charge in [-0.15, -0.1) is 0 Å². The van der Waals surface area contributed by atoms with Gasteiger partial charge in [0.15, 0.2) is 6.17 Å². The van der Waals surface area contributed by atoms with Crippen molar-refractivity contribution >= 4 is 5.97 Å². The van der Waals surface area contributed by atoms with E-state index in [1.54, 1.807) is 0 Å². The second kappa shape index (κ2) is 3.99. The first-order chi connectivity index (χ1) is 6.56. The summed E-state index contributed by atoms with van der Waals surface area (Å²) in [6.07, 6.45) is 0.360. The molecule has 0 radical (unpaired) electrons. The molecule has 14 heavy (non-hydrogen) atoms. The van der Waals surface area contributed by atoms with Crippen LogP contribution in [0.5, 0.6) is 0 Å². The van der Waals surface area contributed by atoms with Gasteiger partial charge in [0.25, 0.3) is 5.70 Å². The smallest absolute Gasteiger partial charge is 0.337 e. The number of ether oxygens (including phenoxy) is 1. The van der Waals surface area contributed by atoms with Gasteiger partial charge in [-0.2, -0.15) is 0 Å². The number of rotatable bonds is 2. The van der Waals surface area contributed by atoms with E-state index < -0.39 is 22.8 Å². The highest BCUT2D eigenvalue weighted by Gasteiger charge is 2.29. The zero-order valence-electron chi connectivity index (χ0n) is 7.40. The zero-order chi connectivity index (χ0) is 10.7. The van der Waals surface area contributed by atoms with Gasteiger partial charge in [-0.25, -0.2) is 9.18 Å². The Kier molecular flexibility index (Phi) is 2.95. The van der Waals surface area contributed by atoms with Gasteiger partial charge in [0, 0.05) is 12.5 Å². The summed E-state index contributed by atoms with van der Waals surface area (Å²) in [7, 11) is 1.16. The molecule has 0 amide bonds. The maximum atomic E-state index is 12.9. The van der Waals surface area contributed by atoms with Gasteiger partial charge in [0.2, 0.25) is 0 Å². The SMILES string of the molecule is COC(=O)C1=CCC(F)C([N+](=O)[O-])=C1. The van der Waals surface area contributed by atoms with Crippen molar-refractivity contribution in [2.24, 2.45) is 0 Å². The molecule has 5 nitrogen and oxygen atoms in total. The van der Waals surface area contributed by atoms with Gasteiger partial charge in [0.05, 0.1) is 17.6 Å². The van der Waals surface area contributed by atoms with Gasteiger partial charge in [-0.3, -0.25) is 10.1 Å². The summed E-state index contributed by atoms with van der Waals surface area (Å²) in [5.41, 5.74) is -0.582. The molecule has 1 atom stereocenters. The highest BCUT2D eigenvalue weighted by molar-refractivity contribution is 5.91. The summed E-state index contributed by atoms with van der Waals surface area (Å²) in [6, 6.07) is 0. The number of hydrogen-bond donors (Lipinski definition) is 0. The molecule has 1 rings (SSSR count). The molecule has 0 saturated heterocycles. The normalized spacial score (nSPS) is 20.9. The summed E-state index contributed by atoms with van der Waals surface area (Å²) in [5, 5.41) is 10.3. The van der Waals surface area contributed by atoms with Crippen molar-refractivity contribution in [2.75, 3.05) is 7.11 Å². The molecule has 0 saturated carbocycles. The third-order valence-electron chi connectivity index (χ3n) is 1.80. The van der Waals surface area contributed by atoms with Gasteiger partial charge >= 0.3 is 5.97 Å². The first-order valence-electron chi connectivity index (χ1n) is 3.84. The predicted molar refractivity (Wildman–Crippen MR) is 44.7 cm³/mol. The Bertz CT molecular complexity index is 334. The molecule has 76 valence electrons. The van der Waals surface area contributed by atoms with Crippen molar-refractivity contribution in [3.8, 4) is 0 Å². The van der Waals surface area contributed by atoms with E-state index in [0.29, 0.717) is 0 Å².